The van der Waals surface area contributed by atoms with Gasteiger partial charge in [-0.15, -0.1) is 12.4 Å². The summed E-state index contributed by atoms with van der Waals surface area (Å²) in [5.74, 6) is -0.188. The van der Waals surface area contributed by atoms with Crippen molar-refractivity contribution in [3.63, 3.8) is 0 Å². The van der Waals surface area contributed by atoms with Crippen LogP contribution < -0.4 is 10.6 Å². The van der Waals surface area contributed by atoms with Gasteiger partial charge in [0.05, 0.1) is 4.90 Å². The molecule has 0 radical (unpaired) electrons. The summed E-state index contributed by atoms with van der Waals surface area (Å²) < 4.78 is 27.7. The normalized spacial score (nSPS) is 18.6. The number of sulfonamides is 1. The molecule has 136 valence electrons. The summed E-state index contributed by atoms with van der Waals surface area (Å²) in [5.41, 5.74) is 0.616. The van der Waals surface area contributed by atoms with Crippen LogP contribution in [0.25, 0.3) is 10.8 Å². The molecule has 1 aliphatic heterocycles. The van der Waals surface area contributed by atoms with Crippen LogP contribution in [0.15, 0.2) is 41.3 Å². The minimum atomic E-state index is -3.59. The SMILES string of the molecule is CC(=O)Nc1ccc(S(=O)(=O)N2CCNC(C)C2)c2ccccc12.Cl. The molecule has 0 aromatic heterocycles. The fraction of sp³-hybridized carbons (Fsp3) is 0.353. The number of benzene rings is 2. The van der Waals surface area contributed by atoms with Crippen molar-refractivity contribution in [3.05, 3.63) is 36.4 Å². The van der Waals surface area contributed by atoms with Gasteiger partial charge in [-0.05, 0) is 19.1 Å². The van der Waals surface area contributed by atoms with Crippen molar-refractivity contribution < 1.29 is 13.2 Å². The van der Waals surface area contributed by atoms with Gasteiger partial charge in [0.15, 0.2) is 0 Å². The number of anilines is 1. The fourth-order valence-corrected chi connectivity index (χ4v) is 4.77. The molecule has 1 unspecified atom stereocenters. The van der Waals surface area contributed by atoms with Gasteiger partial charge in [0, 0.05) is 49.1 Å². The van der Waals surface area contributed by atoms with Crippen LogP contribution in [0, 0.1) is 0 Å². The first-order valence-corrected chi connectivity index (χ1v) is 9.36. The third-order valence-corrected chi connectivity index (χ3v) is 6.07. The molecule has 0 bridgehead atoms. The van der Waals surface area contributed by atoms with E-state index in [0.717, 1.165) is 5.39 Å². The van der Waals surface area contributed by atoms with E-state index in [-0.39, 0.29) is 29.3 Å². The lowest BCUT2D eigenvalue weighted by Gasteiger charge is -2.31. The van der Waals surface area contributed by atoms with Crippen molar-refractivity contribution in [2.45, 2.75) is 24.8 Å². The average molecular weight is 384 g/mol. The Labute approximate surface area is 154 Å². The Hall–Kier alpha value is -1.67. The number of nitrogens with one attached hydrogen (secondary N) is 2. The summed E-state index contributed by atoms with van der Waals surface area (Å²) in [7, 11) is -3.59. The van der Waals surface area contributed by atoms with Gasteiger partial charge in [-0.3, -0.25) is 4.79 Å². The number of amides is 1. The molecule has 2 aromatic rings. The predicted molar refractivity (Wildman–Crippen MR) is 102 cm³/mol. The molecule has 0 aliphatic carbocycles. The molecule has 1 heterocycles. The number of halogens is 1. The van der Waals surface area contributed by atoms with Crippen LogP contribution in [0.3, 0.4) is 0 Å². The molecule has 2 aromatic carbocycles. The minimum Gasteiger partial charge on any atom is -0.326 e. The summed E-state index contributed by atoms with van der Waals surface area (Å²) in [5, 5.41) is 7.35. The third kappa shape index (κ3) is 3.95. The second kappa shape index (κ2) is 7.70. The van der Waals surface area contributed by atoms with Crippen molar-refractivity contribution in [3.8, 4) is 0 Å². The van der Waals surface area contributed by atoms with Crippen LogP contribution >= 0.6 is 12.4 Å². The average Bonchev–Trinajstić information content (AvgIpc) is 2.54. The smallest absolute Gasteiger partial charge is 0.243 e. The van der Waals surface area contributed by atoms with Crippen molar-refractivity contribution in [1.82, 2.24) is 9.62 Å². The summed E-state index contributed by atoms with van der Waals surface area (Å²) in [6, 6.07) is 10.6. The minimum absolute atomic E-state index is 0. The Kier molecular flexibility index (Phi) is 6.05. The lowest BCUT2D eigenvalue weighted by Crippen LogP contribution is -2.51. The molecule has 0 saturated carbocycles. The van der Waals surface area contributed by atoms with Gasteiger partial charge in [-0.25, -0.2) is 8.42 Å². The van der Waals surface area contributed by atoms with Gasteiger partial charge in [0.1, 0.15) is 0 Å². The van der Waals surface area contributed by atoms with Gasteiger partial charge in [0.2, 0.25) is 15.9 Å². The van der Waals surface area contributed by atoms with E-state index in [4.69, 9.17) is 0 Å². The Morgan fingerprint density at radius 2 is 1.88 bits per heavy atom. The van der Waals surface area contributed by atoms with Crippen molar-refractivity contribution in [2.75, 3.05) is 25.0 Å². The molecule has 1 atom stereocenters. The zero-order valence-corrected chi connectivity index (χ0v) is 15.8. The van der Waals surface area contributed by atoms with Crippen LogP contribution in [-0.2, 0) is 14.8 Å². The molecule has 8 heteroatoms. The van der Waals surface area contributed by atoms with E-state index in [0.29, 0.717) is 30.7 Å². The second-order valence-corrected chi connectivity index (χ2v) is 7.96. The van der Waals surface area contributed by atoms with Crippen LogP contribution in [0.1, 0.15) is 13.8 Å². The maximum Gasteiger partial charge on any atom is 0.243 e. The number of carbonyl (C=O) groups is 1. The highest BCUT2D eigenvalue weighted by molar-refractivity contribution is 7.89. The van der Waals surface area contributed by atoms with Crippen molar-refractivity contribution in [1.29, 1.82) is 0 Å². The largest absolute Gasteiger partial charge is 0.326 e. The zero-order chi connectivity index (χ0) is 17.3. The molecule has 0 spiro atoms. The molecule has 1 aliphatic rings. The molecule has 1 saturated heterocycles. The number of carbonyl (C=O) groups excluding carboxylic acids is 1. The lowest BCUT2D eigenvalue weighted by atomic mass is 10.1. The number of hydrogen-bond acceptors (Lipinski definition) is 4. The number of hydrogen-bond donors (Lipinski definition) is 2. The Balaban J connectivity index is 0.00000225. The number of nitrogens with zero attached hydrogens (tertiary/aromatic N) is 1. The number of rotatable bonds is 3. The highest BCUT2D eigenvalue weighted by Crippen LogP contribution is 2.31. The van der Waals surface area contributed by atoms with E-state index < -0.39 is 10.0 Å². The topological polar surface area (TPSA) is 78.5 Å². The van der Waals surface area contributed by atoms with E-state index in [1.165, 1.54) is 11.2 Å². The number of piperazine rings is 1. The molecule has 2 N–H and O–H groups in total. The fourth-order valence-electron chi connectivity index (χ4n) is 3.05. The summed E-state index contributed by atoms with van der Waals surface area (Å²) in [4.78, 5) is 11.7. The van der Waals surface area contributed by atoms with E-state index in [9.17, 15) is 13.2 Å². The highest BCUT2D eigenvalue weighted by atomic mass is 35.5. The Morgan fingerprint density at radius 1 is 1.20 bits per heavy atom. The maximum atomic E-state index is 13.1. The third-order valence-electron chi connectivity index (χ3n) is 4.14. The Morgan fingerprint density at radius 3 is 2.52 bits per heavy atom. The van der Waals surface area contributed by atoms with Gasteiger partial charge < -0.3 is 10.6 Å². The molecule has 1 fully saturated rings. The Bertz CT molecular complexity index is 886. The van der Waals surface area contributed by atoms with Crippen molar-refractivity contribution in [2.24, 2.45) is 0 Å². The number of fused-ring (bicyclic) bond motifs is 1. The first-order valence-electron chi connectivity index (χ1n) is 7.92. The van der Waals surface area contributed by atoms with Crippen LogP contribution in [0.4, 0.5) is 5.69 Å². The molecular weight excluding hydrogens is 362 g/mol. The van der Waals surface area contributed by atoms with Crippen molar-refractivity contribution >= 4 is 44.8 Å². The quantitative estimate of drug-likeness (QED) is 0.851. The lowest BCUT2D eigenvalue weighted by molar-refractivity contribution is -0.114. The first-order chi connectivity index (χ1) is 11.4. The molecule has 6 nitrogen and oxygen atoms in total. The summed E-state index contributed by atoms with van der Waals surface area (Å²) >= 11 is 0. The van der Waals surface area contributed by atoms with Gasteiger partial charge in [-0.1, -0.05) is 24.3 Å². The standard InChI is InChI=1S/C17H21N3O3S.ClH/c1-12-11-20(10-9-18-12)24(22,23)17-8-7-16(19-13(2)21)14-5-3-4-6-15(14)17;/h3-8,12,18H,9-11H2,1-2H3,(H,19,21);1H. The molecule has 25 heavy (non-hydrogen) atoms. The van der Waals surface area contributed by atoms with E-state index >= 15 is 0 Å². The van der Waals surface area contributed by atoms with Gasteiger partial charge in [0.25, 0.3) is 0 Å². The molecular formula is C17H22ClN3O3S. The van der Waals surface area contributed by atoms with Crippen LogP contribution in [-0.4, -0.2) is 44.3 Å². The van der Waals surface area contributed by atoms with Crippen LogP contribution in [0.2, 0.25) is 0 Å². The first kappa shape index (κ1) is 19.7. The summed E-state index contributed by atoms with van der Waals surface area (Å²) in [6.07, 6.45) is 0. The van der Waals surface area contributed by atoms with E-state index in [1.54, 1.807) is 24.3 Å². The van der Waals surface area contributed by atoms with Crippen LogP contribution in [0.5, 0.6) is 0 Å². The molecule has 3 rings (SSSR count). The van der Waals surface area contributed by atoms with Gasteiger partial charge >= 0.3 is 0 Å². The highest BCUT2D eigenvalue weighted by Gasteiger charge is 2.30. The zero-order valence-electron chi connectivity index (χ0n) is 14.2. The van der Waals surface area contributed by atoms with E-state index in [1.807, 2.05) is 19.1 Å². The molecule has 1 amide bonds. The predicted octanol–water partition coefficient (Wildman–Crippen LogP) is 2.20. The summed E-state index contributed by atoms with van der Waals surface area (Å²) in [6.45, 7) is 4.95. The van der Waals surface area contributed by atoms with Gasteiger partial charge in [-0.2, -0.15) is 4.31 Å². The monoisotopic (exact) mass is 383 g/mol. The maximum absolute atomic E-state index is 13.1. The van der Waals surface area contributed by atoms with E-state index in [2.05, 4.69) is 10.6 Å². The second-order valence-electron chi connectivity index (χ2n) is 6.06.